The molecule has 0 bridgehead atoms. The Morgan fingerprint density at radius 3 is 2.38 bits per heavy atom. The largest absolute Gasteiger partial charge is 0.497 e. The summed E-state index contributed by atoms with van der Waals surface area (Å²) in [4.78, 5) is 27.3. The van der Waals surface area contributed by atoms with E-state index >= 15 is 0 Å². The molecule has 2 rings (SSSR count). The van der Waals surface area contributed by atoms with Gasteiger partial charge in [-0.25, -0.2) is 0 Å². The first kappa shape index (κ1) is 26.6. The number of carbonyl (C=O) groups is 2. The fraction of sp³-hybridized carbons (Fsp3) is 0.692. The van der Waals surface area contributed by atoms with Gasteiger partial charge in [0.1, 0.15) is 11.8 Å². The molecule has 180 valence electrons. The van der Waals surface area contributed by atoms with E-state index in [2.05, 4.69) is 37.1 Å². The van der Waals surface area contributed by atoms with Gasteiger partial charge in [-0.05, 0) is 49.8 Å². The number of carbonyl (C=O) groups excluding carboxylic acids is 2. The second-order valence-corrected chi connectivity index (χ2v) is 10.2. The normalized spacial score (nSPS) is 20.8. The minimum atomic E-state index is -0.793. The van der Waals surface area contributed by atoms with Gasteiger partial charge in [0.2, 0.25) is 11.8 Å². The van der Waals surface area contributed by atoms with Gasteiger partial charge in [-0.3, -0.25) is 9.59 Å². The molecule has 2 amide bonds. The van der Waals surface area contributed by atoms with Crippen molar-refractivity contribution in [1.82, 2.24) is 10.6 Å². The van der Waals surface area contributed by atoms with Crippen LogP contribution in [0, 0.1) is 5.92 Å². The standard InChI is InChI=1S/C26H42N2O3S/c1-19(2)18-26(3,21-15-14-20(31-4)17-23(21)32)25(30)28-22-13-11-9-7-5-6-8-10-12-16-27-24(22)29/h14-15,17,19,22,32H,5-13,16,18H2,1-4H3,(H,27,29)(H,28,30). The number of ether oxygens (including phenoxy) is 1. The van der Waals surface area contributed by atoms with Crippen LogP contribution in [0.3, 0.4) is 0 Å². The molecule has 5 nitrogen and oxygen atoms in total. The highest BCUT2D eigenvalue weighted by molar-refractivity contribution is 7.80. The topological polar surface area (TPSA) is 67.4 Å². The zero-order valence-electron chi connectivity index (χ0n) is 20.3. The summed E-state index contributed by atoms with van der Waals surface area (Å²) in [7, 11) is 1.62. The predicted molar refractivity (Wildman–Crippen MR) is 134 cm³/mol. The Hall–Kier alpha value is -1.69. The molecule has 0 saturated carbocycles. The molecule has 0 radical (unpaired) electrons. The molecule has 2 unspecified atom stereocenters. The molecular formula is C26H42N2O3S. The van der Waals surface area contributed by atoms with Crippen LogP contribution in [0.2, 0.25) is 0 Å². The quantitative estimate of drug-likeness (QED) is 0.495. The summed E-state index contributed by atoms with van der Waals surface area (Å²) in [5.41, 5.74) is 0.0665. The first-order valence-electron chi connectivity index (χ1n) is 12.2. The lowest BCUT2D eigenvalue weighted by molar-refractivity contribution is -0.132. The molecular weight excluding hydrogens is 420 g/mol. The van der Waals surface area contributed by atoms with Crippen LogP contribution in [0.1, 0.15) is 90.5 Å². The van der Waals surface area contributed by atoms with Gasteiger partial charge in [0.05, 0.1) is 12.5 Å². The van der Waals surface area contributed by atoms with Crippen molar-refractivity contribution in [2.24, 2.45) is 5.92 Å². The summed E-state index contributed by atoms with van der Waals surface area (Å²) >= 11 is 4.67. The van der Waals surface area contributed by atoms with Crippen molar-refractivity contribution in [1.29, 1.82) is 0 Å². The summed E-state index contributed by atoms with van der Waals surface area (Å²) in [5, 5.41) is 6.17. The SMILES string of the molecule is COc1ccc(C(C)(CC(C)C)C(=O)NC2CCCCCCCCCCNC2=O)c(S)c1. The van der Waals surface area contributed by atoms with Gasteiger partial charge < -0.3 is 15.4 Å². The van der Waals surface area contributed by atoms with E-state index in [1.165, 1.54) is 25.7 Å². The highest BCUT2D eigenvalue weighted by Gasteiger charge is 2.39. The molecule has 1 aromatic rings. The summed E-state index contributed by atoms with van der Waals surface area (Å²) < 4.78 is 5.31. The Labute approximate surface area is 199 Å². The highest BCUT2D eigenvalue weighted by Crippen LogP contribution is 2.37. The van der Waals surface area contributed by atoms with Crippen molar-refractivity contribution in [2.75, 3.05) is 13.7 Å². The number of methoxy groups -OCH3 is 1. The van der Waals surface area contributed by atoms with E-state index in [0.29, 0.717) is 31.1 Å². The van der Waals surface area contributed by atoms with E-state index in [-0.39, 0.29) is 11.8 Å². The smallest absolute Gasteiger partial charge is 0.242 e. The van der Waals surface area contributed by atoms with Gasteiger partial charge in [-0.15, -0.1) is 12.6 Å². The van der Waals surface area contributed by atoms with Crippen LogP contribution in [-0.2, 0) is 15.0 Å². The van der Waals surface area contributed by atoms with Crippen LogP contribution >= 0.6 is 12.6 Å². The lowest BCUT2D eigenvalue weighted by Gasteiger charge is -2.33. The Morgan fingerprint density at radius 1 is 1.16 bits per heavy atom. The van der Waals surface area contributed by atoms with Crippen molar-refractivity contribution in [3.63, 3.8) is 0 Å². The van der Waals surface area contributed by atoms with Crippen molar-refractivity contribution in [2.45, 2.75) is 101 Å². The Kier molecular flexibility index (Phi) is 10.9. The van der Waals surface area contributed by atoms with E-state index in [0.717, 1.165) is 36.1 Å². The van der Waals surface area contributed by atoms with Gasteiger partial charge in [0.15, 0.2) is 0 Å². The van der Waals surface area contributed by atoms with E-state index in [1.807, 2.05) is 25.1 Å². The number of hydrogen-bond acceptors (Lipinski definition) is 4. The zero-order chi connectivity index (χ0) is 23.6. The van der Waals surface area contributed by atoms with E-state index in [4.69, 9.17) is 4.74 Å². The van der Waals surface area contributed by atoms with Gasteiger partial charge in [0.25, 0.3) is 0 Å². The molecule has 1 saturated heterocycles. The summed E-state index contributed by atoms with van der Waals surface area (Å²) in [6, 6.07) is 5.13. The van der Waals surface area contributed by atoms with Gasteiger partial charge in [-0.2, -0.15) is 0 Å². The summed E-state index contributed by atoms with van der Waals surface area (Å²) in [6.07, 6.45) is 10.5. The van der Waals surface area contributed by atoms with E-state index in [9.17, 15) is 9.59 Å². The van der Waals surface area contributed by atoms with Crippen molar-refractivity contribution < 1.29 is 14.3 Å². The zero-order valence-corrected chi connectivity index (χ0v) is 21.2. The maximum Gasteiger partial charge on any atom is 0.242 e. The summed E-state index contributed by atoms with van der Waals surface area (Å²) in [5.74, 6) is 0.830. The number of amides is 2. The number of benzene rings is 1. The molecule has 1 heterocycles. The lowest BCUT2D eigenvalue weighted by atomic mass is 9.75. The Balaban J connectivity index is 2.24. The van der Waals surface area contributed by atoms with Crippen LogP contribution in [0.15, 0.2) is 23.1 Å². The first-order chi connectivity index (χ1) is 15.3. The predicted octanol–water partition coefficient (Wildman–Crippen LogP) is 5.41. The number of nitrogens with one attached hydrogen (secondary N) is 2. The fourth-order valence-corrected chi connectivity index (χ4v) is 5.15. The maximum absolute atomic E-state index is 13.7. The third-order valence-corrected chi connectivity index (χ3v) is 6.83. The van der Waals surface area contributed by atoms with Crippen LogP contribution in [0.5, 0.6) is 5.75 Å². The third kappa shape index (κ3) is 7.72. The third-order valence-electron chi connectivity index (χ3n) is 6.46. The van der Waals surface area contributed by atoms with Crippen molar-refractivity contribution >= 4 is 24.4 Å². The monoisotopic (exact) mass is 462 g/mol. The summed E-state index contributed by atoms with van der Waals surface area (Å²) in [6.45, 7) is 6.85. The second kappa shape index (κ2) is 13.1. The minimum Gasteiger partial charge on any atom is -0.497 e. The molecule has 0 aliphatic carbocycles. The molecule has 1 aliphatic heterocycles. The lowest BCUT2D eigenvalue weighted by Crippen LogP contribution is -2.53. The number of thiol groups is 1. The fourth-order valence-electron chi connectivity index (χ4n) is 4.70. The average Bonchev–Trinajstić information content (AvgIpc) is 2.76. The molecule has 2 atom stereocenters. The molecule has 0 spiro atoms. The first-order valence-corrected chi connectivity index (χ1v) is 12.7. The maximum atomic E-state index is 13.7. The number of rotatable bonds is 6. The van der Waals surface area contributed by atoms with Crippen LogP contribution in [-0.4, -0.2) is 31.5 Å². The molecule has 1 aromatic carbocycles. The Morgan fingerprint density at radius 2 is 1.78 bits per heavy atom. The van der Waals surface area contributed by atoms with E-state index < -0.39 is 11.5 Å². The molecule has 1 fully saturated rings. The molecule has 6 heteroatoms. The van der Waals surface area contributed by atoms with Crippen LogP contribution < -0.4 is 15.4 Å². The van der Waals surface area contributed by atoms with Crippen molar-refractivity contribution in [3.05, 3.63) is 23.8 Å². The minimum absolute atomic E-state index is 0.0645. The average molecular weight is 463 g/mol. The molecule has 2 N–H and O–H groups in total. The molecule has 0 aromatic heterocycles. The van der Waals surface area contributed by atoms with Crippen LogP contribution in [0.25, 0.3) is 0 Å². The highest BCUT2D eigenvalue weighted by atomic mass is 32.1. The Bertz CT molecular complexity index is 753. The van der Waals surface area contributed by atoms with Crippen molar-refractivity contribution in [3.8, 4) is 5.75 Å². The molecule has 32 heavy (non-hydrogen) atoms. The van der Waals surface area contributed by atoms with Crippen LogP contribution in [0.4, 0.5) is 0 Å². The van der Waals surface area contributed by atoms with Gasteiger partial charge in [-0.1, -0.05) is 64.9 Å². The molecule has 1 aliphatic rings. The second-order valence-electron chi connectivity index (χ2n) is 9.75. The van der Waals surface area contributed by atoms with Gasteiger partial charge >= 0.3 is 0 Å². The number of hydrogen-bond donors (Lipinski definition) is 3. The van der Waals surface area contributed by atoms with Gasteiger partial charge in [0, 0.05) is 11.4 Å². The van der Waals surface area contributed by atoms with E-state index in [1.54, 1.807) is 7.11 Å².